The van der Waals surface area contributed by atoms with Crippen molar-refractivity contribution < 1.29 is 18.7 Å². The Morgan fingerprint density at radius 1 is 1.32 bits per heavy atom. The van der Waals surface area contributed by atoms with E-state index in [1.54, 1.807) is 35.2 Å². The molecule has 1 unspecified atom stereocenters. The van der Waals surface area contributed by atoms with E-state index in [2.05, 4.69) is 5.32 Å². The number of amides is 2. The minimum absolute atomic E-state index is 0.232. The van der Waals surface area contributed by atoms with E-state index in [9.17, 15) is 9.59 Å². The summed E-state index contributed by atoms with van der Waals surface area (Å²) < 4.78 is 10.3. The maximum Gasteiger partial charge on any atom is 0.290 e. The Kier molecular flexibility index (Phi) is 4.92. The third-order valence-corrected chi connectivity index (χ3v) is 4.30. The summed E-state index contributed by atoms with van der Waals surface area (Å²) in [6, 6.07) is 7.78. The van der Waals surface area contributed by atoms with Gasteiger partial charge < -0.3 is 25.1 Å². The van der Waals surface area contributed by atoms with E-state index in [4.69, 9.17) is 14.9 Å². The summed E-state index contributed by atoms with van der Waals surface area (Å²) in [5.41, 5.74) is 6.88. The second kappa shape index (κ2) is 7.29. The Hall–Kier alpha value is -2.96. The van der Waals surface area contributed by atoms with Gasteiger partial charge in [-0.2, -0.15) is 0 Å². The van der Waals surface area contributed by atoms with E-state index in [0.717, 1.165) is 12.8 Å². The van der Waals surface area contributed by atoms with Gasteiger partial charge in [-0.25, -0.2) is 0 Å². The number of methoxy groups -OCH3 is 1. The predicted octanol–water partition coefficient (Wildman–Crippen LogP) is 2.50. The predicted molar refractivity (Wildman–Crippen MR) is 93.4 cm³/mol. The van der Waals surface area contributed by atoms with E-state index in [0.29, 0.717) is 30.1 Å². The molecule has 1 aromatic carbocycles. The quantitative estimate of drug-likeness (QED) is 0.831. The molecule has 1 aliphatic heterocycles. The number of benzene rings is 1. The molecule has 0 aliphatic carbocycles. The number of carbonyl (C=O) groups is 2. The third-order valence-electron chi connectivity index (χ3n) is 4.30. The van der Waals surface area contributed by atoms with Gasteiger partial charge in [-0.3, -0.25) is 9.59 Å². The summed E-state index contributed by atoms with van der Waals surface area (Å²) in [6.07, 6.45) is 3.83. The van der Waals surface area contributed by atoms with Crippen LogP contribution >= 0.6 is 0 Å². The van der Waals surface area contributed by atoms with Crippen molar-refractivity contribution in [3.63, 3.8) is 0 Å². The minimum atomic E-state index is -0.533. The number of nitrogens with two attached hydrogens (primary N) is 1. The topological polar surface area (TPSA) is 97.8 Å². The second-order valence-electron chi connectivity index (χ2n) is 5.93. The molecular weight excluding hydrogens is 322 g/mol. The molecule has 3 rings (SSSR count). The van der Waals surface area contributed by atoms with Crippen LogP contribution in [0.1, 0.15) is 29.8 Å². The number of carbonyl (C=O) groups excluding carboxylic acids is 2. The van der Waals surface area contributed by atoms with Crippen LogP contribution in [0.25, 0.3) is 0 Å². The normalized spacial score (nSPS) is 17.2. The zero-order chi connectivity index (χ0) is 17.8. The SMILES string of the molecule is COc1ccc(NC(=O)C2CCCCN2C(=O)c2ccco2)cc1N. The summed E-state index contributed by atoms with van der Waals surface area (Å²) in [5.74, 6) is 0.293. The largest absolute Gasteiger partial charge is 0.495 e. The lowest BCUT2D eigenvalue weighted by Crippen LogP contribution is -2.49. The van der Waals surface area contributed by atoms with E-state index in [1.165, 1.54) is 13.4 Å². The number of hydrogen-bond donors (Lipinski definition) is 2. The highest BCUT2D eigenvalue weighted by Crippen LogP contribution is 2.26. The van der Waals surface area contributed by atoms with E-state index < -0.39 is 6.04 Å². The highest BCUT2D eigenvalue weighted by molar-refractivity contribution is 6.00. The molecule has 1 atom stereocenters. The average Bonchev–Trinajstić information content (AvgIpc) is 3.16. The molecule has 132 valence electrons. The summed E-state index contributed by atoms with van der Waals surface area (Å²) in [5, 5.41) is 2.83. The highest BCUT2D eigenvalue weighted by atomic mass is 16.5. The van der Waals surface area contributed by atoms with Crippen LogP contribution in [0.3, 0.4) is 0 Å². The van der Waals surface area contributed by atoms with E-state index >= 15 is 0 Å². The van der Waals surface area contributed by atoms with Gasteiger partial charge in [0.05, 0.1) is 19.1 Å². The van der Waals surface area contributed by atoms with Gasteiger partial charge in [0.15, 0.2) is 5.76 Å². The number of hydrogen-bond acceptors (Lipinski definition) is 5. The van der Waals surface area contributed by atoms with Crippen molar-refractivity contribution in [2.45, 2.75) is 25.3 Å². The van der Waals surface area contributed by atoms with Crippen LogP contribution in [0.4, 0.5) is 11.4 Å². The summed E-state index contributed by atoms with van der Waals surface area (Å²) in [6.45, 7) is 0.530. The first-order valence-electron chi connectivity index (χ1n) is 8.19. The Morgan fingerprint density at radius 3 is 2.84 bits per heavy atom. The van der Waals surface area contributed by atoms with Gasteiger partial charge in [-0.05, 0) is 49.6 Å². The zero-order valence-corrected chi connectivity index (χ0v) is 14.0. The lowest BCUT2D eigenvalue weighted by molar-refractivity contribution is -0.121. The van der Waals surface area contributed by atoms with Crippen molar-refractivity contribution in [1.82, 2.24) is 4.90 Å². The molecule has 7 nitrogen and oxygen atoms in total. The monoisotopic (exact) mass is 343 g/mol. The first kappa shape index (κ1) is 16.9. The fourth-order valence-corrected chi connectivity index (χ4v) is 3.03. The number of ether oxygens (including phenoxy) is 1. The molecule has 1 aliphatic rings. The van der Waals surface area contributed by atoms with Crippen LogP contribution in [-0.2, 0) is 4.79 Å². The molecular formula is C18H21N3O4. The van der Waals surface area contributed by atoms with Crippen molar-refractivity contribution in [3.05, 3.63) is 42.4 Å². The molecule has 2 aromatic rings. The molecule has 3 N–H and O–H groups in total. The number of piperidine rings is 1. The first-order chi connectivity index (χ1) is 12.1. The first-order valence-corrected chi connectivity index (χ1v) is 8.19. The van der Waals surface area contributed by atoms with Crippen molar-refractivity contribution in [2.24, 2.45) is 0 Å². The zero-order valence-electron chi connectivity index (χ0n) is 14.0. The van der Waals surface area contributed by atoms with Crippen LogP contribution in [0.5, 0.6) is 5.75 Å². The molecule has 0 radical (unpaired) electrons. The molecule has 0 bridgehead atoms. The van der Waals surface area contributed by atoms with Crippen LogP contribution in [0.2, 0.25) is 0 Å². The fraction of sp³-hybridized carbons (Fsp3) is 0.333. The average molecular weight is 343 g/mol. The van der Waals surface area contributed by atoms with Crippen molar-refractivity contribution in [2.75, 3.05) is 24.7 Å². The van der Waals surface area contributed by atoms with Crippen LogP contribution in [-0.4, -0.2) is 36.4 Å². The van der Waals surface area contributed by atoms with Crippen molar-refractivity contribution in [3.8, 4) is 5.75 Å². The molecule has 7 heteroatoms. The van der Waals surface area contributed by atoms with Gasteiger partial charge in [0.1, 0.15) is 11.8 Å². The molecule has 2 amide bonds. The van der Waals surface area contributed by atoms with Gasteiger partial charge in [0, 0.05) is 12.2 Å². The number of furan rings is 1. The van der Waals surface area contributed by atoms with Crippen LogP contribution in [0.15, 0.2) is 41.0 Å². The fourth-order valence-electron chi connectivity index (χ4n) is 3.03. The Labute approximate surface area is 145 Å². The molecule has 0 saturated carbocycles. The standard InChI is InChI=1S/C18H21N3O4/c1-24-15-8-7-12(11-13(15)19)20-17(22)14-5-2-3-9-21(14)18(23)16-6-4-10-25-16/h4,6-8,10-11,14H,2-3,5,9,19H2,1H3,(H,20,22). The molecule has 1 fully saturated rings. The number of nitrogen functional groups attached to an aromatic ring is 1. The number of nitrogens with zero attached hydrogens (tertiary/aromatic N) is 1. The van der Waals surface area contributed by atoms with Crippen molar-refractivity contribution in [1.29, 1.82) is 0 Å². The van der Waals surface area contributed by atoms with Gasteiger partial charge >= 0.3 is 0 Å². The minimum Gasteiger partial charge on any atom is -0.495 e. The van der Waals surface area contributed by atoms with Crippen molar-refractivity contribution >= 4 is 23.2 Å². The smallest absolute Gasteiger partial charge is 0.290 e. The van der Waals surface area contributed by atoms with Gasteiger partial charge in [0.2, 0.25) is 5.91 Å². The lowest BCUT2D eigenvalue weighted by Gasteiger charge is -2.34. The van der Waals surface area contributed by atoms with Gasteiger partial charge in [0.25, 0.3) is 5.91 Å². The Morgan fingerprint density at radius 2 is 2.16 bits per heavy atom. The molecule has 0 spiro atoms. The number of nitrogens with one attached hydrogen (secondary N) is 1. The lowest BCUT2D eigenvalue weighted by atomic mass is 10.0. The molecule has 1 saturated heterocycles. The van der Waals surface area contributed by atoms with Gasteiger partial charge in [-0.15, -0.1) is 0 Å². The Balaban J connectivity index is 1.74. The summed E-state index contributed by atoms with van der Waals surface area (Å²) in [7, 11) is 1.53. The summed E-state index contributed by atoms with van der Waals surface area (Å²) in [4.78, 5) is 26.9. The maximum atomic E-state index is 12.7. The molecule has 2 heterocycles. The molecule has 1 aromatic heterocycles. The Bertz CT molecular complexity index is 758. The number of likely N-dealkylation sites (tertiary alicyclic amines) is 1. The highest BCUT2D eigenvalue weighted by Gasteiger charge is 2.33. The van der Waals surface area contributed by atoms with Gasteiger partial charge in [-0.1, -0.05) is 0 Å². The summed E-state index contributed by atoms with van der Waals surface area (Å²) >= 11 is 0. The van der Waals surface area contributed by atoms with E-state index in [-0.39, 0.29) is 17.6 Å². The van der Waals surface area contributed by atoms with E-state index in [1.807, 2.05) is 0 Å². The maximum absolute atomic E-state index is 12.7. The number of rotatable bonds is 4. The number of anilines is 2. The van der Waals surface area contributed by atoms with Crippen LogP contribution < -0.4 is 15.8 Å². The van der Waals surface area contributed by atoms with Crippen LogP contribution in [0, 0.1) is 0 Å². The third kappa shape index (κ3) is 3.60. The second-order valence-corrected chi connectivity index (χ2v) is 5.93. The molecule has 25 heavy (non-hydrogen) atoms.